The van der Waals surface area contributed by atoms with Crippen LogP contribution in [0.2, 0.25) is 0 Å². The summed E-state index contributed by atoms with van der Waals surface area (Å²) in [7, 11) is 0. The van der Waals surface area contributed by atoms with Crippen molar-refractivity contribution in [2.45, 2.75) is 19.0 Å². The molecule has 0 spiro atoms. The number of allylic oxidation sites excluding steroid dienone is 1. The molecule has 0 saturated carbocycles. The Balaban J connectivity index is 2.94. The van der Waals surface area contributed by atoms with Crippen LogP contribution >= 0.6 is 0 Å². The van der Waals surface area contributed by atoms with Gasteiger partial charge in [0.15, 0.2) is 0 Å². The monoisotopic (exact) mass is 196 g/mol. The smallest absolute Gasteiger partial charge is 0.449 e. The normalized spacial score (nSPS) is 22.5. The van der Waals surface area contributed by atoms with Gasteiger partial charge in [-0.05, 0) is 12.8 Å². The van der Waals surface area contributed by atoms with E-state index in [1.807, 2.05) is 0 Å². The number of rotatable bonds is 0. The van der Waals surface area contributed by atoms with Gasteiger partial charge < -0.3 is 9.84 Å². The second-order valence-electron chi connectivity index (χ2n) is 2.56. The summed E-state index contributed by atoms with van der Waals surface area (Å²) in [4.78, 5) is 10.7. The third-order valence-corrected chi connectivity index (χ3v) is 1.61. The van der Waals surface area contributed by atoms with E-state index in [4.69, 9.17) is 5.11 Å². The largest absolute Gasteiger partial charge is 0.504 e. The summed E-state index contributed by atoms with van der Waals surface area (Å²) in [5.74, 6) is -2.92. The molecule has 1 rings (SSSR count). The summed E-state index contributed by atoms with van der Waals surface area (Å²) in [5.41, 5.74) is -0.682. The Morgan fingerprint density at radius 3 is 2.54 bits per heavy atom. The molecule has 1 N–H and O–H groups in total. The van der Waals surface area contributed by atoms with Crippen molar-refractivity contribution in [2.24, 2.45) is 0 Å². The van der Waals surface area contributed by atoms with Gasteiger partial charge in [-0.25, -0.2) is 4.79 Å². The molecular formula is C7H7F3O3. The van der Waals surface area contributed by atoms with Gasteiger partial charge in [0.25, 0.3) is 0 Å². The molecule has 0 radical (unpaired) electrons. The van der Waals surface area contributed by atoms with Gasteiger partial charge in [-0.3, -0.25) is 0 Å². The van der Waals surface area contributed by atoms with E-state index in [1.165, 1.54) is 0 Å². The second kappa shape index (κ2) is 3.27. The predicted molar refractivity (Wildman–Crippen MR) is 35.9 cm³/mol. The molecule has 0 aromatic rings. The second-order valence-corrected chi connectivity index (χ2v) is 2.56. The zero-order chi connectivity index (χ0) is 10.1. The first-order valence-corrected chi connectivity index (χ1v) is 3.59. The summed E-state index contributed by atoms with van der Waals surface area (Å²) in [6, 6.07) is 0. The Morgan fingerprint density at radius 1 is 1.46 bits per heavy atom. The maximum Gasteiger partial charge on any atom is 0.449 e. The van der Waals surface area contributed by atoms with Crippen LogP contribution in [-0.2, 0) is 9.53 Å². The minimum absolute atomic E-state index is 0.0931. The highest BCUT2D eigenvalue weighted by atomic mass is 19.4. The van der Waals surface area contributed by atoms with Crippen LogP contribution in [0.25, 0.3) is 0 Å². The molecule has 1 saturated heterocycles. The van der Waals surface area contributed by atoms with Crippen LogP contribution in [0, 0.1) is 0 Å². The summed E-state index contributed by atoms with van der Waals surface area (Å²) >= 11 is 0. The van der Waals surface area contributed by atoms with Gasteiger partial charge in [0, 0.05) is 0 Å². The van der Waals surface area contributed by atoms with Gasteiger partial charge >= 0.3 is 12.1 Å². The lowest BCUT2D eigenvalue weighted by molar-refractivity contribution is -0.146. The highest BCUT2D eigenvalue weighted by molar-refractivity contribution is 5.89. The maximum atomic E-state index is 11.9. The maximum absolute atomic E-state index is 11.9. The van der Waals surface area contributed by atoms with Crippen LogP contribution in [0.15, 0.2) is 11.3 Å². The summed E-state index contributed by atoms with van der Waals surface area (Å²) in [6.07, 6.45) is -4.66. The molecule has 0 aliphatic carbocycles. The predicted octanol–water partition coefficient (Wildman–Crippen LogP) is 1.70. The van der Waals surface area contributed by atoms with Crippen LogP contribution in [0.5, 0.6) is 0 Å². The lowest BCUT2D eigenvalue weighted by Gasteiger charge is -2.16. The van der Waals surface area contributed by atoms with Gasteiger partial charge in [-0.2, -0.15) is 13.2 Å². The molecule has 1 aliphatic heterocycles. The summed E-state index contributed by atoms with van der Waals surface area (Å²) in [5, 5.41) is 8.63. The number of alkyl halides is 3. The lowest BCUT2D eigenvalue weighted by atomic mass is 10.1. The van der Waals surface area contributed by atoms with Crippen LogP contribution in [-0.4, -0.2) is 23.9 Å². The first-order chi connectivity index (χ1) is 5.93. The molecule has 74 valence electrons. The van der Waals surface area contributed by atoms with Crippen LogP contribution in [0.4, 0.5) is 13.2 Å². The molecule has 0 atom stereocenters. The van der Waals surface area contributed by atoms with Crippen molar-refractivity contribution in [3.63, 3.8) is 0 Å². The molecule has 0 bridgehead atoms. The Bertz CT molecular complexity index is 254. The number of aliphatic hydroxyl groups is 1. The summed E-state index contributed by atoms with van der Waals surface area (Å²) in [6.45, 7) is 0.105. The number of hydrogen-bond donors (Lipinski definition) is 1. The number of esters is 1. The number of ether oxygens (including phenoxy) is 1. The Hall–Kier alpha value is -1.20. The molecular weight excluding hydrogens is 189 g/mol. The highest BCUT2D eigenvalue weighted by Crippen LogP contribution is 2.29. The fraction of sp³-hybridized carbons (Fsp3) is 0.571. The van der Waals surface area contributed by atoms with Gasteiger partial charge in [-0.15, -0.1) is 0 Å². The van der Waals surface area contributed by atoms with Crippen molar-refractivity contribution in [3.05, 3.63) is 11.3 Å². The van der Waals surface area contributed by atoms with Crippen molar-refractivity contribution in [2.75, 3.05) is 6.61 Å². The quantitative estimate of drug-likeness (QED) is 0.364. The van der Waals surface area contributed by atoms with E-state index in [1.54, 1.807) is 0 Å². The average molecular weight is 196 g/mol. The van der Waals surface area contributed by atoms with Gasteiger partial charge in [0.05, 0.1) is 12.2 Å². The number of aliphatic hydroxyl groups excluding tert-OH is 1. The molecule has 1 heterocycles. The molecule has 0 amide bonds. The number of carbonyl (C=O) groups is 1. The van der Waals surface area contributed by atoms with Crippen molar-refractivity contribution >= 4 is 5.97 Å². The number of hydrogen-bond acceptors (Lipinski definition) is 3. The number of cyclic esters (lactones) is 1. The lowest BCUT2D eigenvalue weighted by Crippen LogP contribution is -2.23. The molecule has 6 heteroatoms. The SMILES string of the molecule is O=C1OCCC/C1=C(/O)C(F)(F)F. The molecule has 1 aliphatic rings. The van der Waals surface area contributed by atoms with Gasteiger partial charge in [-0.1, -0.05) is 0 Å². The van der Waals surface area contributed by atoms with E-state index in [0.717, 1.165) is 0 Å². The van der Waals surface area contributed by atoms with Crippen molar-refractivity contribution < 1.29 is 27.8 Å². The third-order valence-electron chi connectivity index (χ3n) is 1.61. The first kappa shape index (κ1) is 9.88. The van der Waals surface area contributed by atoms with Crippen molar-refractivity contribution in [1.82, 2.24) is 0 Å². The number of carbonyl (C=O) groups excluding carboxylic acids is 1. The molecule has 0 aromatic heterocycles. The van der Waals surface area contributed by atoms with E-state index in [2.05, 4.69) is 4.74 Å². The average Bonchev–Trinajstić information content (AvgIpc) is 2.02. The molecule has 13 heavy (non-hydrogen) atoms. The minimum Gasteiger partial charge on any atom is -0.504 e. The standard InChI is InChI=1S/C7H7F3O3/c8-7(9,10)5(11)4-2-1-3-13-6(4)12/h11H,1-3H2/b5-4-. The molecule has 0 aromatic carbocycles. The highest BCUT2D eigenvalue weighted by Gasteiger charge is 2.39. The van der Waals surface area contributed by atoms with E-state index in [0.29, 0.717) is 6.42 Å². The molecule has 3 nitrogen and oxygen atoms in total. The minimum atomic E-state index is -4.87. The molecule has 0 unspecified atom stereocenters. The summed E-state index contributed by atoms with van der Waals surface area (Å²) < 4.78 is 40.0. The van der Waals surface area contributed by atoms with E-state index in [-0.39, 0.29) is 13.0 Å². The van der Waals surface area contributed by atoms with Gasteiger partial charge in [0.2, 0.25) is 5.76 Å². The number of halogens is 3. The van der Waals surface area contributed by atoms with Crippen LogP contribution < -0.4 is 0 Å². The zero-order valence-electron chi connectivity index (χ0n) is 6.52. The Morgan fingerprint density at radius 2 is 2.08 bits per heavy atom. The third kappa shape index (κ3) is 2.13. The Kier molecular flexibility index (Phi) is 2.49. The van der Waals surface area contributed by atoms with E-state index < -0.39 is 23.5 Å². The van der Waals surface area contributed by atoms with E-state index >= 15 is 0 Å². The van der Waals surface area contributed by atoms with Gasteiger partial charge in [0.1, 0.15) is 0 Å². The van der Waals surface area contributed by atoms with Crippen molar-refractivity contribution in [3.8, 4) is 0 Å². The first-order valence-electron chi connectivity index (χ1n) is 3.59. The molecule has 1 fully saturated rings. The van der Waals surface area contributed by atoms with Crippen LogP contribution in [0.1, 0.15) is 12.8 Å². The van der Waals surface area contributed by atoms with E-state index in [9.17, 15) is 18.0 Å². The zero-order valence-corrected chi connectivity index (χ0v) is 6.52. The Labute approximate surface area is 71.8 Å². The van der Waals surface area contributed by atoms with Crippen molar-refractivity contribution in [1.29, 1.82) is 0 Å². The fourth-order valence-corrected chi connectivity index (χ4v) is 0.989. The fourth-order valence-electron chi connectivity index (χ4n) is 0.989. The topological polar surface area (TPSA) is 46.5 Å². The van der Waals surface area contributed by atoms with Crippen LogP contribution in [0.3, 0.4) is 0 Å².